The molecule has 5 heterocycles. The number of H-pyrrole nitrogens is 1. The second-order valence-corrected chi connectivity index (χ2v) is 9.22. The van der Waals surface area contributed by atoms with Crippen molar-refractivity contribution < 1.29 is 18.7 Å². The predicted molar refractivity (Wildman–Crippen MR) is 118 cm³/mol. The number of hydrogen-bond acceptors (Lipinski definition) is 6. The van der Waals surface area contributed by atoms with Gasteiger partial charge in [-0.05, 0) is 53.6 Å². The van der Waals surface area contributed by atoms with Crippen LogP contribution in [0.5, 0.6) is 0 Å². The van der Waals surface area contributed by atoms with Gasteiger partial charge in [0, 0.05) is 24.9 Å². The largest absolute Gasteiger partial charge is 0.432 e. The topological polar surface area (TPSA) is 113 Å². The Morgan fingerprint density at radius 3 is 3.00 bits per heavy atom. The van der Waals surface area contributed by atoms with Crippen LogP contribution < -0.4 is 0 Å². The second kappa shape index (κ2) is 7.10. The Morgan fingerprint density at radius 2 is 2.25 bits per heavy atom. The summed E-state index contributed by atoms with van der Waals surface area (Å²) in [5.74, 6) is -0.690. The van der Waals surface area contributed by atoms with Crippen molar-refractivity contribution in [3.63, 3.8) is 0 Å². The van der Waals surface area contributed by atoms with Crippen LogP contribution in [0.2, 0.25) is 0 Å². The fraction of sp³-hybridized carbons (Fsp3) is 0.333. The maximum atomic E-state index is 14.4. The highest BCUT2D eigenvalue weighted by Gasteiger charge is 2.49. The predicted octanol–water partition coefficient (Wildman–Crippen LogP) is 3.22. The second-order valence-electron chi connectivity index (χ2n) is 8.12. The summed E-state index contributed by atoms with van der Waals surface area (Å²) in [6.07, 6.45) is 4.95. The first-order valence-corrected chi connectivity index (χ1v) is 11.5. The number of carbonyl (C=O) groups is 1. The van der Waals surface area contributed by atoms with E-state index in [4.69, 9.17) is 4.42 Å². The molecule has 2 aliphatic rings. The van der Waals surface area contributed by atoms with Crippen LogP contribution in [-0.2, 0) is 12.0 Å². The SMILES string of the molecule is O=C(c1oc(C2(O)CC2)nc1C(F)I)N1CCc2[nH]cnc2[C@H]1c1cc2ccccn2n1. The van der Waals surface area contributed by atoms with Crippen molar-refractivity contribution in [2.75, 3.05) is 6.54 Å². The molecular weight excluding hydrogens is 530 g/mol. The molecule has 1 unspecified atom stereocenters. The highest BCUT2D eigenvalue weighted by atomic mass is 127. The number of rotatable bonds is 4. The molecule has 6 rings (SSSR count). The number of fused-ring (bicyclic) bond motifs is 2. The summed E-state index contributed by atoms with van der Waals surface area (Å²) < 4.78 is 20.2. The molecule has 0 spiro atoms. The van der Waals surface area contributed by atoms with Gasteiger partial charge in [-0.15, -0.1) is 0 Å². The van der Waals surface area contributed by atoms with Gasteiger partial charge in [-0.2, -0.15) is 5.10 Å². The van der Waals surface area contributed by atoms with Gasteiger partial charge < -0.3 is 19.4 Å². The van der Waals surface area contributed by atoms with Crippen LogP contribution in [0.1, 0.15) is 62.3 Å². The molecule has 2 atom stereocenters. The van der Waals surface area contributed by atoms with Crippen molar-refractivity contribution in [1.82, 2.24) is 29.5 Å². The first-order valence-electron chi connectivity index (χ1n) is 10.2. The van der Waals surface area contributed by atoms with Crippen molar-refractivity contribution in [2.24, 2.45) is 0 Å². The van der Waals surface area contributed by atoms with E-state index in [0.29, 0.717) is 37.2 Å². The summed E-state index contributed by atoms with van der Waals surface area (Å²) in [4.78, 5) is 27.0. The zero-order valence-electron chi connectivity index (χ0n) is 16.7. The summed E-state index contributed by atoms with van der Waals surface area (Å²) in [6, 6.07) is 7.05. The van der Waals surface area contributed by atoms with Gasteiger partial charge in [-0.1, -0.05) is 6.07 Å². The third-order valence-corrected chi connectivity index (χ3v) is 6.62. The van der Waals surface area contributed by atoms with E-state index in [0.717, 1.165) is 11.2 Å². The first-order chi connectivity index (χ1) is 15.4. The molecule has 1 fully saturated rings. The number of nitrogens with zero attached hydrogens (tertiary/aromatic N) is 5. The summed E-state index contributed by atoms with van der Waals surface area (Å²) >= 11 is 1.55. The first kappa shape index (κ1) is 19.9. The monoisotopic (exact) mass is 548 g/mol. The molecule has 9 nitrogen and oxygen atoms in total. The van der Waals surface area contributed by atoms with Crippen LogP contribution in [-0.4, -0.2) is 47.0 Å². The van der Waals surface area contributed by atoms with E-state index in [2.05, 4.69) is 20.1 Å². The van der Waals surface area contributed by atoms with Crippen molar-refractivity contribution in [3.8, 4) is 0 Å². The molecule has 32 heavy (non-hydrogen) atoms. The Morgan fingerprint density at radius 1 is 1.41 bits per heavy atom. The zero-order valence-corrected chi connectivity index (χ0v) is 18.9. The lowest BCUT2D eigenvalue weighted by Crippen LogP contribution is -2.41. The van der Waals surface area contributed by atoms with Crippen molar-refractivity contribution in [2.45, 2.75) is 35.1 Å². The number of imidazole rings is 1. The molecule has 1 aliphatic heterocycles. The van der Waals surface area contributed by atoms with E-state index in [1.807, 2.05) is 30.5 Å². The molecule has 2 N–H and O–H groups in total. The molecular formula is C21H18FIN6O3. The molecule has 1 saturated carbocycles. The Hall–Kier alpha value is -2.80. The average Bonchev–Trinajstić information content (AvgIpc) is 3.23. The fourth-order valence-electron chi connectivity index (χ4n) is 4.18. The molecule has 0 radical (unpaired) electrons. The molecule has 11 heteroatoms. The summed E-state index contributed by atoms with van der Waals surface area (Å²) in [7, 11) is 0. The van der Waals surface area contributed by atoms with Gasteiger partial charge in [0.1, 0.15) is 17.3 Å². The van der Waals surface area contributed by atoms with Crippen LogP contribution in [0.25, 0.3) is 5.52 Å². The van der Waals surface area contributed by atoms with E-state index in [1.54, 1.807) is 38.3 Å². The quantitative estimate of drug-likeness (QED) is 0.299. The van der Waals surface area contributed by atoms with Gasteiger partial charge >= 0.3 is 0 Å². The highest BCUT2D eigenvalue weighted by molar-refractivity contribution is 14.1. The van der Waals surface area contributed by atoms with Crippen LogP contribution in [0, 0.1) is 0 Å². The Bertz CT molecular complexity index is 1310. The van der Waals surface area contributed by atoms with E-state index in [1.165, 1.54) is 0 Å². The highest BCUT2D eigenvalue weighted by Crippen LogP contribution is 2.46. The fourth-order valence-corrected chi connectivity index (χ4v) is 4.60. The smallest absolute Gasteiger partial charge is 0.292 e. The average molecular weight is 548 g/mol. The number of halogens is 2. The van der Waals surface area contributed by atoms with Gasteiger partial charge in [-0.3, -0.25) is 4.79 Å². The minimum Gasteiger partial charge on any atom is -0.432 e. The molecule has 0 aromatic carbocycles. The third kappa shape index (κ3) is 3.05. The lowest BCUT2D eigenvalue weighted by molar-refractivity contribution is 0.0634. The van der Waals surface area contributed by atoms with Crippen molar-refractivity contribution in [1.29, 1.82) is 0 Å². The maximum Gasteiger partial charge on any atom is 0.292 e. The van der Waals surface area contributed by atoms with Crippen molar-refractivity contribution >= 4 is 34.0 Å². The summed E-state index contributed by atoms with van der Waals surface area (Å²) in [5.41, 5.74) is 1.84. The molecule has 4 aromatic heterocycles. The van der Waals surface area contributed by atoms with E-state index >= 15 is 0 Å². The molecule has 164 valence electrons. The molecule has 4 aromatic rings. The van der Waals surface area contributed by atoms with Crippen LogP contribution in [0.3, 0.4) is 0 Å². The number of aliphatic hydroxyl groups is 1. The van der Waals surface area contributed by atoms with Gasteiger partial charge in [-0.25, -0.2) is 18.9 Å². The van der Waals surface area contributed by atoms with Gasteiger partial charge in [0.2, 0.25) is 11.7 Å². The third-order valence-electron chi connectivity index (χ3n) is 6.03. The van der Waals surface area contributed by atoms with Gasteiger partial charge in [0.05, 0.1) is 23.2 Å². The Labute approximate surface area is 194 Å². The lowest BCUT2D eigenvalue weighted by Gasteiger charge is -2.33. The molecule has 0 saturated heterocycles. The molecule has 1 amide bonds. The number of carbonyl (C=O) groups excluding carboxylic acids is 1. The van der Waals surface area contributed by atoms with Gasteiger partial charge in [0.15, 0.2) is 4.18 Å². The van der Waals surface area contributed by atoms with Crippen LogP contribution in [0.15, 0.2) is 41.2 Å². The number of amides is 1. The Kier molecular flexibility index (Phi) is 4.41. The van der Waals surface area contributed by atoms with Crippen molar-refractivity contribution in [3.05, 3.63) is 71.2 Å². The van der Waals surface area contributed by atoms with Crippen LogP contribution >= 0.6 is 22.6 Å². The summed E-state index contributed by atoms with van der Waals surface area (Å²) in [6.45, 7) is 0.366. The minimum atomic E-state index is -1.55. The lowest BCUT2D eigenvalue weighted by atomic mass is 9.99. The number of aromatic nitrogens is 5. The van der Waals surface area contributed by atoms with E-state index in [9.17, 15) is 14.3 Å². The minimum absolute atomic E-state index is 0.00286. The number of aromatic amines is 1. The molecule has 0 bridgehead atoms. The number of oxazole rings is 1. The summed E-state index contributed by atoms with van der Waals surface area (Å²) in [5, 5.41) is 15.1. The maximum absolute atomic E-state index is 14.4. The normalized spacial score (nSPS) is 20.3. The molecule has 1 aliphatic carbocycles. The van der Waals surface area contributed by atoms with Crippen LogP contribution in [0.4, 0.5) is 4.39 Å². The van der Waals surface area contributed by atoms with E-state index < -0.39 is 21.7 Å². The Balaban J connectivity index is 1.45. The van der Waals surface area contributed by atoms with Gasteiger partial charge in [0.25, 0.3) is 5.91 Å². The number of alkyl halides is 2. The standard InChI is InChI=1S/C21H18FIN6O3/c22-18(23)15-17(32-20(26-15)21(31)5-6-21)19(30)28-8-4-12-14(25-10-24-12)16(28)13-9-11-3-1-2-7-29(11)27-13/h1-3,7,9-10,16,18,31H,4-6,8H2,(H,24,25)/t16-,18?/m1/s1. The zero-order chi connectivity index (χ0) is 22.0. The number of nitrogens with one attached hydrogen (secondary N) is 1. The number of hydrogen-bond donors (Lipinski definition) is 2. The number of pyridine rings is 1. The van der Waals surface area contributed by atoms with E-state index in [-0.39, 0.29) is 17.3 Å².